The molecule has 0 bridgehead atoms. The Morgan fingerprint density at radius 2 is 1.88 bits per heavy atom. The molecule has 0 saturated carbocycles. The Kier molecular flexibility index (Phi) is 8.43. The molecule has 0 fully saturated rings. The fourth-order valence-electron chi connectivity index (χ4n) is 3.07. The second-order valence-corrected chi connectivity index (χ2v) is 8.09. The van der Waals surface area contributed by atoms with Crippen LogP contribution in [-0.2, 0) is 11.3 Å². The second-order valence-electron chi connectivity index (χ2n) is 7.03. The Hall–Kier alpha value is -3.14. The highest BCUT2D eigenvalue weighted by Crippen LogP contribution is 2.24. The van der Waals surface area contributed by atoms with E-state index in [0.717, 1.165) is 42.0 Å². The van der Waals surface area contributed by atoms with Crippen LogP contribution in [-0.4, -0.2) is 57.6 Å². The molecule has 1 amide bonds. The van der Waals surface area contributed by atoms with Gasteiger partial charge in [0.1, 0.15) is 5.82 Å². The fraction of sp³-hybridized carbons (Fsp3) is 0.409. The third kappa shape index (κ3) is 5.56. The van der Waals surface area contributed by atoms with Gasteiger partial charge in [0.15, 0.2) is 10.8 Å². The zero-order valence-electron chi connectivity index (χ0n) is 18.6. The molecule has 10 heteroatoms. The lowest BCUT2D eigenvalue weighted by Crippen LogP contribution is -2.29. The van der Waals surface area contributed by atoms with Crippen LogP contribution in [0.5, 0.6) is 0 Å². The van der Waals surface area contributed by atoms with Crippen LogP contribution in [0.25, 0.3) is 11.0 Å². The topological polar surface area (TPSA) is 111 Å². The molecule has 0 atom stereocenters. The van der Waals surface area contributed by atoms with E-state index in [0.29, 0.717) is 18.2 Å². The first-order chi connectivity index (χ1) is 15.6. The van der Waals surface area contributed by atoms with Crippen molar-refractivity contribution in [3.63, 3.8) is 0 Å². The lowest BCUT2D eigenvalue weighted by Gasteiger charge is -2.10. The quantitative estimate of drug-likeness (QED) is 0.257. The number of benzene rings is 1. The molecule has 0 aliphatic rings. The normalized spacial score (nSPS) is 10.8. The number of nitrogens with zero attached hydrogens (tertiary/aromatic N) is 4. The Morgan fingerprint density at radius 1 is 1.09 bits per heavy atom. The summed E-state index contributed by atoms with van der Waals surface area (Å²) in [6.45, 7) is 5.78. The van der Waals surface area contributed by atoms with Crippen molar-refractivity contribution < 1.29 is 14.3 Å². The van der Waals surface area contributed by atoms with Gasteiger partial charge in [0.05, 0.1) is 36.4 Å². The summed E-state index contributed by atoms with van der Waals surface area (Å²) in [6, 6.07) is 6.57. The number of aromatic nitrogens is 4. The molecule has 1 aromatic carbocycles. The highest BCUT2D eigenvalue weighted by molar-refractivity contribution is 7.99. The van der Waals surface area contributed by atoms with Gasteiger partial charge in [0, 0.05) is 18.8 Å². The first-order valence-electron chi connectivity index (χ1n) is 10.6. The molecule has 0 radical (unpaired) electrons. The number of amides is 1. The van der Waals surface area contributed by atoms with Gasteiger partial charge in [-0.15, -0.1) is 0 Å². The van der Waals surface area contributed by atoms with E-state index in [1.165, 1.54) is 7.11 Å². The number of rotatable bonds is 11. The van der Waals surface area contributed by atoms with Crippen LogP contribution in [0.4, 0.5) is 5.82 Å². The number of carbonyl (C=O) groups is 2. The smallest absolute Gasteiger partial charge is 0.338 e. The molecule has 9 nitrogen and oxygen atoms in total. The Labute approximate surface area is 191 Å². The predicted molar refractivity (Wildman–Crippen MR) is 125 cm³/mol. The highest BCUT2D eigenvalue weighted by Gasteiger charge is 2.17. The molecule has 0 saturated heterocycles. The zero-order chi connectivity index (χ0) is 22.9. The van der Waals surface area contributed by atoms with Crippen LogP contribution in [0.3, 0.4) is 0 Å². The molecule has 0 unspecified atom stereocenters. The third-order valence-corrected chi connectivity index (χ3v) is 5.69. The molecule has 0 spiro atoms. The number of methoxy groups -OCH3 is 1. The first-order valence-corrected chi connectivity index (χ1v) is 11.6. The summed E-state index contributed by atoms with van der Waals surface area (Å²) in [7, 11) is 1.29. The van der Waals surface area contributed by atoms with Crippen LogP contribution in [0.15, 0.2) is 35.6 Å². The highest BCUT2D eigenvalue weighted by atomic mass is 32.2. The van der Waals surface area contributed by atoms with Gasteiger partial charge >= 0.3 is 5.97 Å². The molecule has 3 rings (SSSR count). The summed E-state index contributed by atoms with van der Waals surface area (Å²) in [5.74, 6) is 0.816. The maximum atomic E-state index is 12.6. The van der Waals surface area contributed by atoms with Gasteiger partial charge in [-0.05, 0) is 25.0 Å². The minimum absolute atomic E-state index is 0.231. The Balaban J connectivity index is 1.75. The number of hydrogen-bond acceptors (Lipinski definition) is 8. The van der Waals surface area contributed by atoms with Gasteiger partial charge in [-0.2, -0.15) is 5.10 Å². The number of esters is 1. The monoisotopic (exact) mass is 456 g/mol. The molecule has 0 aliphatic heterocycles. The molecule has 2 heterocycles. The lowest BCUT2D eigenvalue weighted by molar-refractivity contribution is 0.0596. The van der Waals surface area contributed by atoms with E-state index in [1.807, 2.05) is 0 Å². The van der Waals surface area contributed by atoms with Crippen LogP contribution in [0, 0.1) is 0 Å². The van der Waals surface area contributed by atoms with Crippen molar-refractivity contribution in [1.29, 1.82) is 0 Å². The van der Waals surface area contributed by atoms with Crippen LogP contribution in [0.2, 0.25) is 0 Å². The van der Waals surface area contributed by atoms with E-state index in [9.17, 15) is 9.59 Å². The maximum Gasteiger partial charge on any atom is 0.338 e. The Morgan fingerprint density at radius 3 is 2.59 bits per heavy atom. The van der Waals surface area contributed by atoms with E-state index in [-0.39, 0.29) is 17.0 Å². The number of fused-ring (bicyclic) bond motifs is 1. The first kappa shape index (κ1) is 23.5. The van der Waals surface area contributed by atoms with Gasteiger partial charge in [-0.1, -0.05) is 37.7 Å². The van der Waals surface area contributed by atoms with Crippen molar-refractivity contribution in [3.05, 3.63) is 41.6 Å². The minimum Gasteiger partial charge on any atom is -0.465 e. The standard InChI is InChI=1S/C22H28N6O3S/c1-4-10-23-18-17-14-25-28(19(17)27-22(26-18)32-13-5-2)12-11-24-20(29)15-8-6-7-9-16(15)21(30)31-3/h6-9,14H,4-5,10-13H2,1-3H3,(H,24,29)(H,23,26,27). The number of ether oxygens (including phenoxy) is 1. The van der Waals surface area contributed by atoms with Gasteiger partial charge in [-0.3, -0.25) is 4.79 Å². The number of carbonyl (C=O) groups excluding carboxylic acids is 2. The van der Waals surface area contributed by atoms with Crippen LogP contribution >= 0.6 is 11.8 Å². The van der Waals surface area contributed by atoms with Crippen molar-refractivity contribution in [2.24, 2.45) is 0 Å². The summed E-state index contributed by atoms with van der Waals surface area (Å²) in [6.07, 6.45) is 3.76. The lowest BCUT2D eigenvalue weighted by atomic mass is 10.1. The third-order valence-electron chi connectivity index (χ3n) is 4.64. The van der Waals surface area contributed by atoms with E-state index in [1.54, 1.807) is 46.9 Å². The average Bonchev–Trinajstić information content (AvgIpc) is 3.23. The predicted octanol–water partition coefficient (Wildman–Crippen LogP) is 3.37. The van der Waals surface area contributed by atoms with Gasteiger partial charge in [0.2, 0.25) is 0 Å². The van der Waals surface area contributed by atoms with E-state index in [2.05, 4.69) is 39.5 Å². The van der Waals surface area contributed by atoms with Crippen LogP contribution < -0.4 is 10.6 Å². The van der Waals surface area contributed by atoms with Gasteiger partial charge in [-0.25, -0.2) is 19.4 Å². The fourth-order valence-corrected chi connectivity index (χ4v) is 3.77. The number of nitrogens with one attached hydrogen (secondary N) is 2. The molecule has 170 valence electrons. The van der Waals surface area contributed by atoms with Crippen molar-refractivity contribution in [1.82, 2.24) is 25.1 Å². The van der Waals surface area contributed by atoms with Crippen molar-refractivity contribution in [2.75, 3.05) is 31.3 Å². The van der Waals surface area contributed by atoms with Crippen molar-refractivity contribution >= 4 is 40.5 Å². The van der Waals surface area contributed by atoms with Crippen molar-refractivity contribution in [2.45, 2.75) is 38.4 Å². The maximum absolute atomic E-state index is 12.6. The molecule has 2 aromatic heterocycles. The molecule has 2 N–H and O–H groups in total. The summed E-state index contributed by atoms with van der Waals surface area (Å²) in [4.78, 5) is 33.9. The average molecular weight is 457 g/mol. The number of anilines is 1. The zero-order valence-corrected chi connectivity index (χ0v) is 19.4. The molecular formula is C22H28N6O3S. The molecule has 3 aromatic rings. The van der Waals surface area contributed by atoms with E-state index < -0.39 is 5.97 Å². The van der Waals surface area contributed by atoms with Gasteiger partial charge in [0.25, 0.3) is 5.91 Å². The van der Waals surface area contributed by atoms with Crippen LogP contribution in [0.1, 0.15) is 47.4 Å². The molecular weight excluding hydrogens is 428 g/mol. The molecule has 0 aliphatic carbocycles. The van der Waals surface area contributed by atoms with E-state index in [4.69, 9.17) is 4.74 Å². The molecule has 32 heavy (non-hydrogen) atoms. The number of thioether (sulfide) groups is 1. The SMILES string of the molecule is CCCNc1nc(SCCC)nc2c1cnn2CCNC(=O)c1ccccc1C(=O)OC. The van der Waals surface area contributed by atoms with Crippen molar-refractivity contribution in [3.8, 4) is 0 Å². The minimum atomic E-state index is -0.547. The van der Waals surface area contributed by atoms with E-state index >= 15 is 0 Å². The summed E-state index contributed by atoms with van der Waals surface area (Å²) in [5.41, 5.74) is 1.23. The Bertz CT molecular complexity index is 1080. The summed E-state index contributed by atoms with van der Waals surface area (Å²) >= 11 is 1.61. The largest absolute Gasteiger partial charge is 0.465 e. The second kappa shape index (κ2) is 11.5. The van der Waals surface area contributed by atoms with Gasteiger partial charge < -0.3 is 15.4 Å². The summed E-state index contributed by atoms with van der Waals surface area (Å²) < 4.78 is 6.52. The number of hydrogen-bond donors (Lipinski definition) is 2. The summed E-state index contributed by atoms with van der Waals surface area (Å²) in [5, 5.41) is 12.2.